The molecule has 0 aromatic heterocycles. The molecule has 2 aromatic carbocycles. The average Bonchev–Trinajstić information content (AvgIpc) is 2.61. The zero-order chi connectivity index (χ0) is 15.9. The number of amides is 1. The highest BCUT2D eigenvalue weighted by Crippen LogP contribution is 2.14. The minimum Gasteiger partial charge on any atom is -0.489 e. The fraction of sp³-hybridized carbons (Fsp3) is 0.316. The minimum absolute atomic E-state index is 0.0715. The summed E-state index contributed by atoms with van der Waals surface area (Å²) in [6.07, 6.45) is 1.94. The molecule has 2 aromatic rings. The fourth-order valence-electron chi connectivity index (χ4n) is 2.65. The zero-order valence-corrected chi connectivity index (χ0v) is 13.1. The van der Waals surface area contributed by atoms with E-state index in [1.54, 1.807) is 0 Å². The summed E-state index contributed by atoms with van der Waals surface area (Å²) in [5.74, 6) is 0.965. The molecule has 0 unspecified atom stereocenters. The summed E-state index contributed by atoms with van der Waals surface area (Å²) in [7, 11) is 0. The van der Waals surface area contributed by atoms with Crippen LogP contribution in [0.4, 0.5) is 0 Å². The summed E-state index contributed by atoms with van der Waals surface area (Å²) in [6, 6.07) is 18.1. The first kappa shape index (κ1) is 15.6. The van der Waals surface area contributed by atoms with Gasteiger partial charge >= 0.3 is 0 Å². The van der Waals surface area contributed by atoms with Crippen LogP contribution in [0, 0.1) is 0 Å². The highest BCUT2D eigenvalue weighted by molar-refractivity contribution is 5.82. The maximum absolute atomic E-state index is 11.7. The van der Waals surface area contributed by atoms with Crippen molar-refractivity contribution in [2.75, 3.05) is 6.54 Å². The molecule has 1 aliphatic rings. The Bertz CT molecular complexity index is 626. The van der Waals surface area contributed by atoms with Crippen LogP contribution in [0.15, 0.2) is 54.6 Å². The number of rotatable bonds is 6. The Morgan fingerprint density at radius 1 is 1.04 bits per heavy atom. The predicted octanol–water partition coefficient (Wildman–Crippen LogP) is 2.63. The predicted molar refractivity (Wildman–Crippen MR) is 90.1 cm³/mol. The van der Waals surface area contributed by atoms with Gasteiger partial charge < -0.3 is 15.4 Å². The Balaban J connectivity index is 1.48. The largest absolute Gasteiger partial charge is 0.489 e. The SMILES string of the molecule is O=C1NCCC[C@H]1NCc1ccc(OCc2ccccc2)cc1. The molecule has 1 heterocycles. The number of carbonyl (C=O) groups is 1. The Morgan fingerprint density at radius 3 is 2.57 bits per heavy atom. The molecule has 2 N–H and O–H groups in total. The Kier molecular flexibility index (Phi) is 5.27. The molecule has 0 radical (unpaired) electrons. The number of nitrogens with one attached hydrogen (secondary N) is 2. The van der Waals surface area contributed by atoms with Gasteiger partial charge in [-0.05, 0) is 36.1 Å². The summed E-state index contributed by atoms with van der Waals surface area (Å²) in [4.78, 5) is 11.7. The molecule has 1 atom stereocenters. The number of piperidine rings is 1. The Hall–Kier alpha value is -2.33. The standard InChI is InChI=1S/C19H22N2O2/c22-19-18(7-4-12-20-19)21-13-15-8-10-17(11-9-15)23-14-16-5-2-1-3-6-16/h1-3,5-6,8-11,18,21H,4,7,12-14H2,(H,20,22)/t18-/m1/s1. The van der Waals surface area contributed by atoms with E-state index >= 15 is 0 Å². The van der Waals surface area contributed by atoms with E-state index in [4.69, 9.17) is 4.74 Å². The first-order valence-electron chi connectivity index (χ1n) is 8.08. The highest BCUT2D eigenvalue weighted by atomic mass is 16.5. The van der Waals surface area contributed by atoms with Gasteiger partial charge in [0.05, 0.1) is 6.04 Å². The molecule has 3 rings (SSSR count). The van der Waals surface area contributed by atoms with Gasteiger partial charge in [-0.3, -0.25) is 4.79 Å². The molecule has 4 nitrogen and oxygen atoms in total. The average molecular weight is 310 g/mol. The van der Waals surface area contributed by atoms with E-state index in [1.807, 2.05) is 54.6 Å². The van der Waals surface area contributed by atoms with E-state index in [0.717, 1.165) is 36.3 Å². The fourth-order valence-corrected chi connectivity index (χ4v) is 2.65. The van der Waals surface area contributed by atoms with E-state index in [-0.39, 0.29) is 11.9 Å². The summed E-state index contributed by atoms with van der Waals surface area (Å²) in [6.45, 7) is 2.06. The maximum atomic E-state index is 11.7. The van der Waals surface area contributed by atoms with Crippen molar-refractivity contribution in [1.29, 1.82) is 0 Å². The van der Waals surface area contributed by atoms with E-state index in [2.05, 4.69) is 10.6 Å². The van der Waals surface area contributed by atoms with Crippen LogP contribution in [-0.2, 0) is 17.9 Å². The van der Waals surface area contributed by atoms with Gasteiger partial charge in [0, 0.05) is 13.1 Å². The van der Waals surface area contributed by atoms with E-state index in [9.17, 15) is 4.79 Å². The molecule has 4 heteroatoms. The monoisotopic (exact) mass is 310 g/mol. The van der Waals surface area contributed by atoms with Crippen LogP contribution in [0.5, 0.6) is 5.75 Å². The van der Waals surface area contributed by atoms with Crippen molar-refractivity contribution in [2.45, 2.75) is 32.0 Å². The smallest absolute Gasteiger partial charge is 0.237 e. The van der Waals surface area contributed by atoms with Crippen LogP contribution >= 0.6 is 0 Å². The lowest BCUT2D eigenvalue weighted by atomic mass is 10.1. The Labute approximate surface area is 136 Å². The van der Waals surface area contributed by atoms with Crippen LogP contribution in [0.3, 0.4) is 0 Å². The molecule has 0 bridgehead atoms. The lowest BCUT2D eigenvalue weighted by Gasteiger charge is -2.22. The van der Waals surface area contributed by atoms with E-state index < -0.39 is 0 Å². The van der Waals surface area contributed by atoms with Crippen molar-refractivity contribution in [3.63, 3.8) is 0 Å². The molecule has 0 saturated carbocycles. The van der Waals surface area contributed by atoms with Crippen molar-refractivity contribution in [3.05, 3.63) is 65.7 Å². The van der Waals surface area contributed by atoms with Crippen molar-refractivity contribution in [1.82, 2.24) is 10.6 Å². The summed E-state index contributed by atoms with van der Waals surface area (Å²) >= 11 is 0. The molecule has 0 spiro atoms. The second kappa shape index (κ2) is 7.79. The maximum Gasteiger partial charge on any atom is 0.237 e. The van der Waals surface area contributed by atoms with E-state index in [1.165, 1.54) is 0 Å². The topological polar surface area (TPSA) is 50.4 Å². The third kappa shape index (κ3) is 4.57. The molecular weight excluding hydrogens is 288 g/mol. The number of benzene rings is 2. The quantitative estimate of drug-likeness (QED) is 0.862. The zero-order valence-electron chi connectivity index (χ0n) is 13.1. The van der Waals surface area contributed by atoms with Gasteiger partial charge in [0.1, 0.15) is 12.4 Å². The molecule has 1 saturated heterocycles. The van der Waals surface area contributed by atoms with Crippen LogP contribution in [0.1, 0.15) is 24.0 Å². The van der Waals surface area contributed by atoms with Crippen molar-refractivity contribution >= 4 is 5.91 Å². The molecule has 1 aliphatic heterocycles. The van der Waals surface area contributed by atoms with E-state index in [0.29, 0.717) is 13.2 Å². The lowest BCUT2D eigenvalue weighted by molar-refractivity contribution is -0.124. The van der Waals surface area contributed by atoms with Gasteiger partial charge in [-0.1, -0.05) is 42.5 Å². The van der Waals surface area contributed by atoms with Crippen molar-refractivity contribution < 1.29 is 9.53 Å². The Morgan fingerprint density at radius 2 is 1.83 bits per heavy atom. The summed E-state index contributed by atoms with van der Waals surface area (Å²) in [5.41, 5.74) is 2.30. The minimum atomic E-state index is -0.0715. The van der Waals surface area contributed by atoms with Gasteiger partial charge in [-0.2, -0.15) is 0 Å². The first-order valence-corrected chi connectivity index (χ1v) is 8.08. The van der Waals surface area contributed by atoms with Gasteiger partial charge in [-0.15, -0.1) is 0 Å². The molecule has 120 valence electrons. The van der Waals surface area contributed by atoms with Crippen LogP contribution < -0.4 is 15.4 Å². The molecule has 1 amide bonds. The lowest BCUT2D eigenvalue weighted by Crippen LogP contribution is -2.47. The molecule has 23 heavy (non-hydrogen) atoms. The third-order valence-corrected chi connectivity index (χ3v) is 4.01. The van der Waals surface area contributed by atoms with Gasteiger partial charge in [0.25, 0.3) is 0 Å². The molecular formula is C19H22N2O2. The summed E-state index contributed by atoms with van der Waals surface area (Å²) in [5, 5.41) is 6.20. The van der Waals surface area contributed by atoms with Crippen molar-refractivity contribution in [3.8, 4) is 5.75 Å². The highest BCUT2D eigenvalue weighted by Gasteiger charge is 2.20. The van der Waals surface area contributed by atoms with Crippen molar-refractivity contribution in [2.24, 2.45) is 0 Å². The number of ether oxygens (including phenoxy) is 1. The van der Waals surface area contributed by atoms with Gasteiger partial charge in [-0.25, -0.2) is 0 Å². The number of carbonyl (C=O) groups excluding carboxylic acids is 1. The summed E-state index contributed by atoms with van der Waals surface area (Å²) < 4.78 is 5.77. The van der Waals surface area contributed by atoms with Gasteiger partial charge in [0.2, 0.25) is 5.91 Å². The normalized spacial score (nSPS) is 17.6. The first-order chi connectivity index (χ1) is 11.3. The third-order valence-electron chi connectivity index (χ3n) is 4.01. The van der Waals surface area contributed by atoms with Crippen LogP contribution in [0.2, 0.25) is 0 Å². The van der Waals surface area contributed by atoms with Gasteiger partial charge in [0.15, 0.2) is 0 Å². The molecule has 0 aliphatic carbocycles. The second-order valence-corrected chi connectivity index (χ2v) is 5.78. The molecule has 1 fully saturated rings. The van der Waals surface area contributed by atoms with Crippen LogP contribution in [-0.4, -0.2) is 18.5 Å². The van der Waals surface area contributed by atoms with Crippen LogP contribution in [0.25, 0.3) is 0 Å². The second-order valence-electron chi connectivity index (χ2n) is 5.78. The number of hydrogen-bond acceptors (Lipinski definition) is 3. The number of hydrogen-bond donors (Lipinski definition) is 2.